The van der Waals surface area contributed by atoms with E-state index in [1.807, 2.05) is 48.5 Å². The topological polar surface area (TPSA) is 59.0 Å². The maximum atomic E-state index is 9.32. The first kappa shape index (κ1) is 12.0. The van der Waals surface area contributed by atoms with E-state index in [-0.39, 0.29) is 5.92 Å². The fourth-order valence-corrected chi connectivity index (χ4v) is 1.83. The minimum absolute atomic E-state index is 0.281. The van der Waals surface area contributed by atoms with Crippen molar-refractivity contribution in [1.82, 2.24) is 0 Å². The first-order valence-corrected chi connectivity index (χ1v) is 5.63. The monoisotopic (exact) mass is 238 g/mol. The number of nitriles is 1. The molecule has 0 spiro atoms. The number of ether oxygens (including phenoxy) is 1. The number of anilines is 1. The normalized spacial score (nSPS) is 11.6. The van der Waals surface area contributed by atoms with Gasteiger partial charge in [-0.3, -0.25) is 0 Å². The third kappa shape index (κ3) is 2.44. The second-order valence-electron chi connectivity index (χ2n) is 4.00. The molecule has 2 rings (SSSR count). The van der Waals surface area contributed by atoms with Crippen molar-refractivity contribution < 1.29 is 4.74 Å². The van der Waals surface area contributed by atoms with Gasteiger partial charge in [-0.2, -0.15) is 5.26 Å². The van der Waals surface area contributed by atoms with Gasteiger partial charge >= 0.3 is 0 Å². The van der Waals surface area contributed by atoms with Crippen LogP contribution >= 0.6 is 0 Å². The Morgan fingerprint density at radius 1 is 1.00 bits per heavy atom. The van der Waals surface area contributed by atoms with E-state index < -0.39 is 0 Å². The van der Waals surface area contributed by atoms with E-state index in [2.05, 4.69) is 6.07 Å². The summed E-state index contributed by atoms with van der Waals surface area (Å²) in [6.07, 6.45) is 0. The van der Waals surface area contributed by atoms with Gasteiger partial charge < -0.3 is 10.5 Å². The third-order valence-electron chi connectivity index (χ3n) is 2.85. The molecule has 0 amide bonds. The van der Waals surface area contributed by atoms with E-state index in [0.717, 1.165) is 16.9 Å². The molecular formula is C15H14N2O. The summed E-state index contributed by atoms with van der Waals surface area (Å²) >= 11 is 0. The van der Waals surface area contributed by atoms with Gasteiger partial charge in [0, 0.05) is 5.69 Å². The van der Waals surface area contributed by atoms with Crippen molar-refractivity contribution in [1.29, 1.82) is 5.26 Å². The third-order valence-corrected chi connectivity index (χ3v) is 2.85. The van der Waals surface area contributed by atoms with Crippen LogP contribution in [0.1, 0.15) is 17.0 Å². The summed E-state index contributed by atoms with van der Waals surface area (Å²) in [6, 6.07) is 17.2. The van der Waals surface area contributed by atoms with E-state index in [9.17, 15) is 5.26 Å². The Kier molecular flexibility index (Phi) is 3.49. The number of hydrogen-bond donors (Lipinski definition) is 1. The molecule has 0 saturated heterocycles. The van der Waals surface area contributed by atoms with E-state index in [0.29, 0.717) is 5.69 Å². The molecule has 0 bridgehead atoms. The van der Waals surface area contributed by atoms with Gasteiger partial charge in [-0.15, -0.1) is 0 Å². The van der Waals surface area contributed by atoms with E-state index >= 15 is 0 Å². The van der Waals surface area contributed by atoms with Crippen LogP contribution in [-0.4, -0.2) is 7.11 Å². The molecule has 2 aromatic carbocycles. The number of rotatable bonds is 3. The minimum atomic E-state index is -0.281. The Bertz CT molecular complexity index is 553. The average molecular weight is 238 g/mol. The predicted molar refractivity (Wildman–Crippen MR) is 71.3 cm³/mol. The summed E-state index contributed by atoms with van der Waals surface area (Å²) in [7, 11) is 1.62. The molecule has 2 aromatic rings. The largest absolute Gasteiger partial charge is 0.497 e. The fourth-order valence-electron chi connectivity index (χ4n) is 1.83. The van der Waals surface area contributed by atoms with Crippen LogP contribution in [0.15, 0.2) is 48.5 Å². The number of nitrogen functional groups attached to an aromatic ring is 1. The maximum Gasteiger partial charge on any atom is 0.118 e. The summed E-state index contributed by atoms with van der Waals surface area (Å²) < 4.78 is 5.10. The van der Waals surface area contributed by atoms with Crippen LogP contribution in [0, 0.1) is 11.3 Å². The quantitative estimate of drug-likeness (QED) is 0.836. The van der Waals surface area contributed by atoms with Gasteiger partial charge in [0.2, 0.25) is 0 Å². The second-order valence-corrected chi connectivity index (χ2v) is 4.00. The highest BCUT2D eigenvalue weighted by atomic mass is 16.5. The number of methoxy groups -OCH3 is 1. The fraction of sp³-hybridized carbons (Fsp3) is 0.133. The van der Waals surface area contributed by atoms with Crippen LogP contribution in [0.5, 0.6) is 5.75 Å². The Hall–Kier alpha value is -2.47. The van der Waals surface area contributed by atoms with Crippen molar-refractivity contribution in [3.8, 4) is 11.8 Å². The molecule has 2 N–H and O–H groups in total. The van der Waals surface area contributed by atoms with Gasteiger partial charge in [-0.25, -0.2) is 0 Å². The minimum Gasteiger partial charge on any atom is -0.497 e. The van der Waals surface area contributed by atoms with Crippen molar-refractivity contribution in [2.75, 3.05) is 12.8 Å². The van der Waals surface area contributed by atoms with Gasteiger partial charge in [0.1, 0.15) is 5.75 Å². The van der Waals surface area contributed by atoms with Crippen molar-refractivity contribution in [3.05, 3.63) is 59.7 Å². The standard InChI is InChI=1S/C15H14N2O/c1-18-14-8-4-12(5-9-14)15(10-16)11-2-6-13(17)7-3-11/h2-9,15H,17H2,1H3/t15-/m0/s1. The number of benzene rings is 2. The molecule has 0 aliphatic rings. The zero-order valence-electron chi connectivity index (χ0n) is 10.1. The van der Waals surface area contributed by atoms with Crippen LogP contribution in [0.3, 0.4) is 0 Å². The summed E-state index contributed by atoms with van der Waals surface area (Å²) in [6.45, 7) is 0. The second kappa shape index (κ2) is 5.24. The van der Waals surface area contributed by atoms with Crippen molar-refractivity contribution >= 4 is 5.69 Å². The highest BCUT2D eigenvalue weighted by molar-refractivity contribution is 5.45. The van der Waals surface area contributed by atoms with Gasteiger partial charge in [-0.05, 0) is 35.4 Å². The zero-order valence-corrected chi connectivity index (χ0v) is 10.1. The number of hydrogen-bond acceptors (Lipinski definition) is 3. The highest BCUT2D eigenvalue weighted by Gasteiger charge is 2.12. The van der Waals surface area contributed by atoms with E-state index in [4.69, 9.17) is 10.5 Å². The van der Waals surface area contributed by atoms with Crippen molar-refractivity contribution in [3.63, 3.8) is 0 Å². The lowest BCUT2D eigenvalue weighted by Gasteiger charge is -2.10. The summed E-state index contributed by atoms with van der Waals surface area (Å²) in [5, 5.41) is 9.32. The van der Waals surface area contributed by atoms with E-state index in [1.165, 1.54) is 0 Å². The van der Waals surface area contributed by atoms with E-state index in [1.54, 1.807) is 7.11 Å². The molecule has 0 heterocycles. The van der Waals surface area contributed by atoms with Crippen molar-refractivity contribution in [2.24, 2.45) is 0 Å². The lowest BCUT2D eigenvalue weighted by Crippen LogP contribution is -1.98. The molecule has 1 atom stereocenters. The molecule has 0 aliphatic heterocycles. The Morgan fingerprint density at radius 3 is 1.94 bits per heavy atom. The smallest absolute Gasteiger partial charge is 0.118 e. The van der Waals surface area contributed by atoms with Gasteiger partial charge in [-0.1, -0.05) is 24.3 Å². The lowest BCUT2D eigenvalue weighted by atomic mass is 9.92. The molecule has 3 heteroatoms. The molecule has 3 nitrogen and oxygen atoms in total. The average Bonchev–Trinajstić information content (AvgIpc) is 2.42. The molecule has 0 saturated carbocycles. The zero-order chi connectivity index (χ0) is 13.0. The molecule has 0 radical (unpaired) electrons. The molecular weight excluding hydrogens is 224 g/mol. The van der Waals surface area contributed by atoms with Crippen LogP contribution in [-0.2, 0) is 0 Å². The highest BCUT2D eigenvalue weighted by Crippen LogP contribution is 2.26. The summed E-state index contributed by atoms with van der Waals surface area (Å²) in [5.74, 6) is 0.504. The van der Waals surface area contributed by atoms with Crippen LogP contribution < -0.4 is 10.5 Å². The van der Waals surface area contributed by atoms with Gasteiger partial charge in [0.05, 0.1) is 19.1 Å². The first-order chi connectivity index (χ1) is 8.74. The molecule has 0 unspecified atom stereocenters. The van der Waals surface area contributed by atoms with Gasteiger partial charge in [0.15, 0.2) is 0 Å². The Balaban J connectivity index is 2.33. The van der Waals surface area contributed by atoms with Gasteiger partial charge in [0.25, 0.3) is 0 Å². The SMILES string of the molecule is COc1ccc([C@@H](C#N)c2ccc(N)cc2)cc1. The number of nitrogens with zero attached hydrogens (tertiary/aromatic N) is 1. The Labute approximate surface area is 106 Å². The predicted octanol–water partition coefficient (Wildman–Crippen LogP) is 2.93. The summed E-state index contributed by atoms with van der Waals surface area (Å²) in [5.41, 5.74) is 8.23. The molecule has 0 aromatic heterocycles. The summed E-state index contributed by atoms with van der Waals surface area (Å²) in [4.78, 5) is 0. The first-order valence-electron chi connectivity index (χ1n) is 5.63. The van der Waals surface area contributed by atoms with Crippen molar-refractivity contribution in [2.45, 2.75) is 5.92 Å². The molecule has 18 heavy (non-hydrogen) atoms. The molecule has 0 aliphatic carbocycles. The lowest BCUT2D eigenvalue weighted by molar-refractivity contribution is 0.414. The van der Waals surface area contributed by atoms with Crippen LogP contribution in [0.2, 0.25) is 0 Å². The Morgan fingerprint density at radius 2 is 1.50 bits per heavy atom. The molecule has 90 valence electrons. The van der Waals surface area contributed by atoms with Crippen LogP contribution in [0.4, 0.5) is 5.69 Å². The van der Waals surface area contributed by atoms with Crippen LogP contribution in [0.25, 0.3) is 0 Å². The number of nitrogens with two attached hydrogens (primary N) is 1. The maximum absolute atomic E-state index is 9.32. The molecule has 0 fully saturated rings.